The zero-order chi connectivity index (χ0) is 31.8. The van der Waals surface area contributed by atoms with Gasteiger partial charge in [0.1, 0.15) is 42.4 Å². The lowest BCUT2D eigenvalue weighted by Crippen LogP contribution is -2.38. The van der Waals surface area contributed by atoms with E-state index in [-0.39, 0.29) is 34.1 Å². The second-order valence-electron chi connectivity index (χ2n) is 10.2. The topological polar surface area (TPSA) is 312 Å². The summed E-state index contributed by atoms with van der Waals surface area (Å²) in [6.45, 7) is -1.50. The number of nitrogens with zero attached hydrogens (tertiary/aromatic N) is 7. The van der Waals surface area contributed by atoms with Crippen molar-refractivity contribution in [3.8, 4) is 0 Å². The van der Waals surface area contributed by atoms with Gasteiger partial charge in [-0.05, 0) is 0 Å². The van der Waals surface area contributed by atoms with Crippen LogP contribution in [0.15, 0.2) is 23.8 Å². The van der Waals surface area contributed by atoms with Gasteiger partial charge in [-0.15, -0.1) is 0 Å². The van der Waals surface area contributed by atoms with Crippen LogP contribution in [-0.4, -0.2) is 104 Å². The first-order chi connectivity index (χ1) is 21.3. The summed E-state index contributed by atoms with van der Waals surface area (Å²) in [5.74, 6) is -0.279. The molecule has 0 aliphatic carbocycles. The van der Waals surface area contributed by atoms with E-state index < -0.39 is 83.4 Å². The molecule has 22 nitrogen and oxygen atoms in total. The Labute approximate surface area is 248 Å². The molecule has 4 aromatic rings. The van der Waals surface area contributed by atoms with E-state index >= 15 is 4.39 Å². The number of nitrogens with two attached hydrogens (primary N) is 2. The Kier molecular flexibility index (Phi) is 7.26. The number of H-pyrrole nitrogens is 1. The zero-order valence-electron chi connectivity index (χ0n) is 22.4. The van der Waals surface area contributed by atoms with E-state index in [0.29, 0.717) is 0 Å². The molecule has 0 amide bonds. The summed E-state index contributed by atoms with van der Waals surface area (Å²) < 4.78 is 71.7. The molecule has 9 N–H and O–H groups in total. The number of rotatable bonds is 2. The van der Waals surface area contributed by atoms with Crippen LogP contribution in [0, 0.1) is 0 Å². The van der Waals surface area contributed by atoms with Crippen LogP contribution < -0.4 is 22.1 Å². The lowest BCUT2D eigenvalue weighted by Gasteiger charge is -2.25. The fourth-order valence-electron chi connectivity index (χ4n) is 5.35. The molecule has 4 aromatic heterocycles. The SMILES string of the molecule is Nc1nc2c(ncn2C2OC3CNP(=O)(O)OC4C(COP(=O)(O)OC2C3O)OC(n2cnc3c(N)ncnc32)C4F)c(=O)[nH]1. The molecule has 3 aliphatic heterocycles. The largest absolute Gasteiger partial charge is 0.472 e. The van der Waals surface area contributed by atoms with Gasteiger partial charge >= 0.3 is 15.6 Å². The van der Waals surface area contributed by atoms with Crippen LogP contribution in [0.1, 0.15) is 12.5 Å². The van der Waals surface area contributed by atoms with E-state index in [0.717, 1.165) is 28.1 Å². The second kappa shape index (κ2) is 10.8. The standard InChI is InChI=1S/C20H24FN11O11P2/c21-8-12-7(41-18(8)31-4-26-9-14(22)24-3-25-15(9)31)2-39-45(37,38)43-13-11(33)6(1-28-44(35,36)42-12)40-19(13)32-5-27-10-16(32)29-20(23)30-17(10)34/h3-8,11-13,18-19,33H,1-2H2,(H,37,38)(H2,22,24,25)(H2,28,35,36)(H3,23,29,30,34). The lowest BCUT2D eigenvalue weighted by atomic mass is 10.1. The van der Waals surface area contributed by atoms with Crippen molar-refractivity contribution in [2.75, 3.05) is 24.6 Å². The summed E-state index contributed by atoms with van der Waals surface area (Å²) in [7, 11) is -10.0. The van der Waals surface area contributed by atoms with Crippen LogP contribution in [0.25, 0.3) is 22.3 Å². The van der Waals surface area contributed by atoms with Gasteiger partial charge in [0.2, 0.25) is 5.95 Å². The summed E-state index contributed by atoms with van der Waals surface area (Å²) in [4.78, 5) is 55.7. The van der Waals surface area contributed by atoms with Crippen LogP contribution in [0.5, 0.6) is 0 Å². The Balaban J connectivity index is 1.21. The summed E-state index contributed by atoms with van der Waals surface area (Å²) in [6, 6.07) is 0. The second-order valence-corrected chi connectivity index (χ2v) is 13.2. The van der Waals surface area contributed by atoms with Gasteiger partial charge in [-0.25, -0.2) is 38.5 Å². The minimum absolute atomic E-state index is 0.00352. The maximum Gasteiger partial charge on any atom is 0.472 e. The molecule has 242 valence electrons. The summed E-state index contributed by atoms with van der Waals surface area (Å²) in [6.07, 6.45) is -10.0. The normalized spacial score (nSPS) is 37.7. The first-order valence-corrected chi connectivity index (χ1v) is 16.1. The number of phosphoric ester groups is 1. The third-order valence-electron chi connectivity index (χ3n) is 7.38. The van der Waals surface area contributed by atoms with Crippen molar-refractivity contribution in [1.29, 1.82) is 0 Å². The quantitative estimate of drug-likeness (QED) is 0.115. The molecule has 45 heavy (non-hydrogen) atoms. The number of hydrogen-bond donors (Lipinski definition) is 7. The van der Waals surface area contributed by atoms with E-state index in [2.05, 4.69) is 35.0 Å². The Bertz CT molecular complexity index is 1940. The molecule has 0 aromatic carbocycles. The number of nitrogens with one attached hydrogen (secondary N) is 2. The first kappa shape index (κ1) is 30.2. The summed E-state index contributed by atoms with van der Waals surface area (Å²) >= 11 is 0. The molecule has 0 saturated carbocycles. The number of hydrogen-bond acceptors (Lipinski definition) is 16. The van der Waals surface area contributed by atoms with Crippen LogP contribution in [-0.2, 0) is 32.2 Å². The predicted molar refractivity (Wildman–Crippen MR) is 144 cm³/mol. The number of aliphatic hydroxyl groups is 1. The number of phosphoric acid groups is 1. The van der Waals surface area contributed by atoms with Gasteiger partial charge in [0, 0.05) is 6.54 Å². The first-order valence-electron chi connectivity index (χ1n) is 13.0. The molecular weight excluding hydrogens is 651 g/mol. The van der Waals surface area contributed by atoms with Gasteiger partial charge in [0.15, 0.2) is 41.3 Å². The fourth-order valence-corrected chi connectivity index (χ4v) is 7.35. The fraction of sp³-hybridized carbons (Fsp3) is 0.500. The van der Waals surface area contributed by atoms with Crippen LogP contribution in [0.3, 0.4) is 0 Å². The molecule has 0 spiro atoms. The number of anilines is 2. The number of nitrogen functional groups attached to an aromatic ring is 2. The number of aliphatic hydroxyl groups excluding tert-OH is 1. The van der Waals surface area contributed by atoms with E-state index in [9.17, 15) is 28.8 Å². The lowest BCUT2D eigenvalue weighted by molar-refractivity contribution is -0.0572. The van der Waals surface area contributed by atoms with E-state index in [1.54, 1.807) is 0 Å². The maximum absolute atomic E-state index is 15.9. The molecule has 10 unspecified atom stereocenters. The monoisotopic (exact) mass is 675 g/mol. The molecular formula is C20H24FN11O11P2. The molecule has 10 atom stereocenters. The smallest absolute Gasteiger partial charge is 0.387 e. The average molecular weight is 675 g/mol. The number of aromatic amines is 1. The van der Waals surface area contributed by atoms with Gasteiger partial charge < -0.3 is 35.8 Å². The highest BCUT2D eigenvalue weighted by atomic mass is 31.2. The zero-order valence-corrected chi connectivity index (χ0v) is 24.2. The highest BCUT2D eigenvalue weighted by molar-refractivity contribution is 7.50. The number of halogens is 1. The minimum atomic E-state index is -5.13. The molecule has 3 aliphatic rings. The molecule has 7 rings (SSSR count). The third-order valence-corrected chi connectivity index (χ3v) is 9.48. The highest BCUT2D eigenvalue weighted by Gasteiger charge is 2.54. The average Bonchev–Trinajstić information content (AvgIpc) is 3.72. The minimum Gasteiger partial charge on any atom is -0.387 e. The Hall–Kier alpha value is -3.47. The highest BCUT2D eigenvalue weighted by Crippen LogP contribution is 2.52. The van der Waals surface area contributed by atoms with Gasteiger partial charge in [0.25, 0.3) is 5.56 Å². The molecule has 7 heterocycles. The summed E-state index contributed by atoms with van der Waals surface area (Å²) in [5, 5.41) is 13.2. The van der Waals surface area contributed by atoms with Crippen molar-refractivity contribution in [3.05, 3.63) is 29.3 Å². The maximum atomic E-state index is 15.9. The van der Waals surface area contributed by atoms with Gasteiger partial charge in [-0.3, -0.25) is 32.5 Å². The number of imidazole rings is 2. The predicted octanol–water partition coefficient (Wildman–Crippen LogP) is -1.79. The van der Waals surface area contributed by atoms with Crippen molar-refractivity contribution in [3.63, 3.8) is 0 Å². The molecule has 2 bridgehead atoms. The van der Waals surface area contributed by atoms with E-state index in [4.69, 9.17) is 34.5 Å². The number of aromatic nitrogens is 8. The Morgan fingerprint density at radius 2 is 1.67 bits per heavy atom. The summed E-state index contributed by atoms with van der Waals surface area (Å²) in [5.41, 5.74) is 10.7. The van der Waals surface area contributed by atoms with Crippen molar-refractivity contribution < 1.29 is 51.5 Å². The van der Waals surface area contributed by atoms with Gasteiger partial charge in [-0.1, -0.05) is 0 Å². The van der Waals surface area contributed by atoms with Crippen molar-refractivity contribution >= 4 is 49.7 Å². The number of fused-ring (bicyclic) bond motifs is 5. The van der Waals surface area contributed by atoms with Gasteiger partial charge in [-0.2, -0.15) is 4.98 Å². The Morgan fingerprint density at radius 1 is 0.956 bits per heavy atom. The van der Waals surface area contributed by atoms with Crippen LogP contribution >= 0.6 is 15.6 Å². The van der Waals surface area contributed by atoms with E-state index in [1.807, 2.05) is 0 Å². The van der Waals surface area contributed by atoms with Crippen LogP contribution in [0.2, 0.25) is 0 Å². The van der Waals surface area contributed by atoms with Gasteiger partial charge in [0.05, 0.1) is 19.3 Å². The van der Waals surface area contributed by atoms with Crippen molar-refractivity contribution in [1.82, 2.24) is 44.1 Å². The molecule has 25 heteroatoms. The third kappa shape index (κ3) is 5.30. The van der Waals surface area contributed by atoms with Crippen molar-refractivity contribution in [2.24, 2.45) is 0 Å². The molecule has 3 saturated heterocycles. The molecule has 3 fully saturated rings. The van der Waals surface area contributed by atoms with E-state index in [1.165, 1.54) is 0 Å². The van der Waals surface area contributed by atoms with Crippen molar-refractivity contribution in [2.45, 2.75) is 49.1 Å². The van der Waals surface area contributed by atoms with Crippen LogP contribution in [0.4, 0.5) is 16.2 Å². The Morgan fingerprint density at radius 3 is 2.44 bits per heavy atom. The number of alkyl halides is 1. The molecule has 0 radical (unpaired) electrons. The number of ether oxygens (including phenoxy) is 2.